The van der Waals surface area contributed by atoms with Crippen LogP contribution < -0.4 is 0 Å². The first-order chi connectivity index (χ1) is 7.33. The smallest absolute Gasteiger partial charge is 0.141 e. The molecular weight excluding hydrogens is 206 g/mol. The minimum atomic E-state index is -0.290. The Bertz CT molecular complexity index is 307. The maximum absolute atomic E-state index is 8.49. The topological polar surface area (TPSA) is 33.0 Å². The summed E-state index contributed by atoms with van der Waals surface area (Å²) in [5.74, 6) is 1.94. The molecule has 0 amide bonds. The van der Waals surface area contributed by atoms with Crippen molar-refractivity contribution in [2.75, 3.05) is 12.4 Å². The first-order valence-electron chi connectivity index (χ1n) is 4.96. The van der Waals surface area contributed by atoms with E-state index in [0.29, 0.717) is 6.61 Å². The molecule has 15 heavy (non-hydrogen) atoms. The minimum absolute atomic E-state index is 0.290. The molecule has 0 saturated carbocycles. The third-order valence-electron chi connectivity index (χ3n) is 1.89. The van der Waals surface area contributed by atoms with Gasteiger partial charge in [0.05, 0.1) is 12.7 Å². The van der Waals surface area contributed by atoms with E-state index in [9.17, 15) is 0 Å². The molecule has 0 N–H and O–H groups in total. The molecule has 1 unspecified atom stereocenters. The second kappa shape index (κ2) is 7.33. The molecule has 0 aliphatic rings. The van der Waals surface area contributed by atoms with Crippen LogP contribution in [0.3, 0.4) is 0 Å². The molecule has 0 heterocycles. The first-order valence-corrected chi connectivity index (χ1v) is 6.11. The van der Waals surface area contributed by atoms with Gasteiger partial charge in [-0.3, -0.25) is 0 Å². The largest absolute Gasteiger partial charge is 0.363 e. The fourth-order valence-corrected chi connectivity index (χ4v) is 1.87. The van der Waals surface area contributed by atoms with E-state index in [2.05, 4.69) is 12.1 Å². The van der Waals surface area contributed by atoms with Crippen molar-refractivity contribution in [1.29, 1.82) is 5.26 Å². The summed E-state index contributed by atoms with van der Waals surface area (Å²) in [6, 6.07) is 12.4. The summed E-state index contributed by atoms with van der Waals surface area (Å²) >= 11 is 1.82. The number of nitrogens with zero attached hydrogens (tertiary/aromatic N) is 1. The van der Waals surface area contributed by atoms with E-state index < -0.39 is 0 Å². The van der Waals surface area contributed by atoms with Gasteiger partial charge in [0.15, 0.2) is 0 Å². The van der Waals surface area contributed by atoms with Crippen LogP contribution >= 0.6 is 11.8 Å². The standard InChI is InChI=1S/C12H15NOS/c1-11(9-13)14-7-8-15-10-12-5-3-2-4-6-12/h2-6,11H,7-8,10H2,1H3. The van der Waals surface area contributed by atoms with Crippen LogP contribution in [0, 0.1) is 11.3 Å². The van der Waals surface area contributed by atoms with Crippen molar-refractivity contribution in [3.63, 3.8) is 0 Å². The lowest BCUT2D eigenvalue weighted by Crippen LogP contribution is -2.07. The molecule has 0 saturated heterocycles. The van der Waals surface area contributed by atoms with Crippen molar-refractivity contribution in [3.8, 4) is 6.07 Å². The Balaban J connectivity index is 2.06. The number of hydrogen-bond donors (Lipinski definition) is 0. The molecule has 80 valence electrons. The SMILES string of the molecule is CC(C#N)OCCSCc1ccccc1. The Morgan fingerprint density at radius 1 is 1.40 bits per heavy atom. The molecule has 2 nitrogen and oxygen atoms in total. The molecule has 0 bridgehead atoms. The second-order valence-electron chi connectivity index (χ2n) is 3.18. The number of benzene rings is 1. The summed E-state index contributed by atoms with van der Waals surface area (Å²) in [4.78, 5) is 0. The van der Waals surface area contributed by atoms with E-state index in [1.165, 1.54) is 5.56 Å². The zero-order chi connectivity index (χ0) is 10.9. The maximum Gasteiger partial charge on any atom is 0.141 e. The average Bonchev–Trinajstić information content (AvgIpc) is 2.29. The van der Waals surface area contributed by atoms with Crippen molar-refractivity contribution in [3.05, 3.63) is 35.9 Å². The summed E-state index contributed by atoms with van der Waals surface area (Å²) in [6.45, 7) is 2.41. The summed E-state index contributed by atoms with van der Waals surface area (Å²) in [7, 11) is 0. The summed E-state index contributed by atoms with van der Waals surface area (Å²) < 4.78 is 5.25. The summed E-state index contributed by atoms with van der Waals surface area (Å²) in [5, 5.41) is 8.49. The van der Waals surface area contributed by atoms with Gasteiger partial charge in [-0.25, -0.2) is 0 Å². The lowest BCUT2D eigenvalue weighted by Gasteiger charge is -2.05. The van der Waals surface area contributed by atoms with Crippen molar-refractivity contribution < 1.29 is 4.74 Å². The van der Waals surface area contributed by atoms with Gasteiger partial charge in [-0.15, -0.1) is 0 Å². The third-order valence-corrected chi connectivity index (χ3v) is 2.88. The number of rotatable bonds is 6. The molecule has 1 aromatic rings. The lowest BCUT2D eigenvalue weighted by atomic mass is 10.2. The number of nitriles is 1. The van der Waals surface area contributed by atoms with Gasteiger partial charge in [0.2, 0.25) is 0 Å². The highest BCUT2D eigenvalue weighted by Crippen LogP contribution is 2.11. The molecule has 3 heteroatoms. The fraction of sp³-hybridized carbons (Fsp3) is 0.417. The van der Waals surface area contributed by atoms with E-state index in [1.54, 1.807) is 6.92 Å². The summed E-state index contributed by atoms with van der Waals surface area (Å²) in [6.07, 6.45) is -0.290. The second-order valence-corrected chi connectivity index (χ2v) is 4.29. The number of thioether (sulfide) groups is 1. The molecule has 1 aromatic carbocycles. The number of ether oxygens (including phenoxy) is 1. The molecule has 0 spiro atoms. The van der Waals surface area contributed by atoms with Crippen molar-refractivity contribution >= 4 is 11.8 Å². The van der Waals surface area contributed by atoms with E-state index in [-0.39, 0.29) is 6.10 Å². The van der Waals surface area contributed by atoms with Crippen LogP contribution in [0.2, 0.25) is 0 Å². The van der Waals surface area contributed by atoms with Gasteiger partial charge >= 0.3 is 0 Å². The number of hydrogen-bond acceptors (Lipinski definition) is 3. The molecule has 0 aromatic heterocycles. The molecule has 0 radical (unpaired) electrons. The molecule has 1 atom stereocenters. The van der Waals surface area contributed by atoms with Crippen LogP contribution in [0.5, 0.6) is 0 Å². The Kier molecular flexibility index (Phi) is 5.91. The monoisotopic (exact) mass is 221 g/mol. The minimum Gasteiger partial charge on any atom is -0.363 e. The zero-order valence-electron chi connectivity index (χ0n) is 8.85. The molecular formula is C12H15NOS. The predicted molar refractivity (Wildman–Crippen MR) is 63.6 cm³/mol. The normalized spacial score (nSPS) is 12.0. The van der Waals surface area contributed by atoms with Crippen LogP contribution in [0.1, 0.15) is 12.5 Å². The Hall–Kier alpha value is -0.980. The Morgan fingerprint density at radius 3 is 2.80 bits per heavy atom. The van der Waals surface area contributed by atoms with Gasteiger partial charge in [0.1, 0.15) is 6.10 Å². The lowest BCUT2D eigenvalue weighted by molar-refractivity contribution is 0.117. The summed E-state index contributed by atoms with van der Waals surface area (Å²) in [5.41, 5.74) is 1.33. The van der Waals surface area contributed by atoms with E-state index >= 15 is 0 Å². The fourth-order valence-electron chi connectivity index (χ4n) is 1.09. The van der Waals surface area contributed by atoms with Crippen LogP contribution in [-0.4, -0.2) is 18.5 Å². The van der Waals surface area contributed by atoms with Crippen LogP contribution in [0.4, 0.5) is 0 Å². The zero-order valence-corrected chi connectivity index (χ0v) is 9.67. The van der Waals surface area contributed by atoms with Crippen LogP contribution in [0.15, 0.2) is 30.3 Å². The molecule has 0 aliphatic heterocycles. The van der Waals surface area contributed by atoms with Gasteiger partial charge in [0, 0.05) is 11.5 Å². The first kappa shape index (κ1) is 12.1. The van der Waals surface area contributed by atoms with Crippen LogP contribution in [-0.2, 0) is 10.5 Å². The predicted octanol–water partition coefficient (Wildman–Crippen LogP) is 2.85. The maximum atomic E-state index is 8.49. The average molecular weight is 221 g/mol. The highest BCUT2D eigenvalue weighted by Gasteiger charge is 1.98. The van der Waals surface area contributed by atoms with Gasteiger partial charge in [0.25, 0.3) is 0 Å². The van der Waals surface area contributed by atoms with Crippen molar-refractivity contribution in [2.45, 2.75) is 18.8 Å². The van der Waals surface area contributed by atoms with Gasteiger partial charge < -0.3 is 4.74 Å². The highest BCUT2D eigenvalue weighted by molar-refractivity contribution is 7.98. The van der Waals surface area contributed by atoms with Gasteiger partial charge in [-0.1, -0.05) is 30.3 Å². The third kappa shape index (κ3) is 5.46. The Labute approximate surface area is 95.3 Å². The molecule has 0 aliphatic carbocycles. The van der Waals surface area contributed by atoms with Crippen molar-refractivity contribution in [2.24, 2.45) is 0 Å². The van der Waals surface area contributed by atoms with E-state index in [1.807, 2.05) is 36.0 Å². The van der Waals surface area contributed by atoms with Crippen LogP contribution in [0.25, 0.3) is 0 Å². The molecule has 1 rings (SSSR count). The van der Waals surface area contributed by atoms with Gasteiger partial charge in [-0.05, 0) is 12.5 Å². The van der Waals surface area contributed by atoms with E-state index in [0.717, 1.165) is 11.5 Å². The Morgan fingerprint density at radius 2 is 2.13 bits per heavy atom. The highest BCUT2D eigenvalue weighted by atomic mass is 32.2. The van der Waals surface area contributed by atoms with Crippen molar-refractivity contribution in [1.82, 2.24) is 0 Å². The quantitative estimate of drug-likeness (QED) is 0.692. The van der Waals surface area contributed by atoms with E-state index in [4.69, 9.17) is 10.00 Å². The van der Waals surface area contributed by atoms with Gasteiger partial charge in [-0.2, -0.15) is 17.0 Å². The molecule has 0 fully saturated rings.